The molecule has 8 aliphatic heterocycles. The number of ether oxygens (including phenoxy) is 5. The number of rotatable bonds is 23. The summed E-state index contributed by atoms with van der Waals surface area (Å²) in [6, 6.07) is 54.6. The van der Waals surface area contributed by atoms with Crippen LogP contribution in [0.2, 0.25) is 0 Å². The number of amides is 6. The van der Waals surface area contributed by atoms with Crippen LogP contribution >= 0.6 is 0 Å². The predicted molar refractivity (Wildman–Crippen MR) is 479 cm³/mol. The van der Waals surface area contributed by atoms with Gasteiger partial charge in [-0.3, -0.25) is 19.2 Å². The number of nitrogens with zero attached hydrogens (tertiary/aromatic N) is 5. The first-order valence-corrected chi connectivity index (χ1v) is 42.2. The van der Waals surface area contributed by atoms with E-state index in [1.165, 1.54) is 123 Å². The van der Waals surface area contributed by atoms with E-state index in [4.69, 9.17) is 23.7 Å². The van der Waals surface area contributed by atoms with Crippen LogP contribution in [0, 0.1) is 0 Å². The Morgan fingerprint density at radius 1 is 0.361 bits per heavy atom. The number of urea groups is 3. The second-order valence-electron chi connectivity index (χ2n) is 31.2. The van der Waals surface area contributed by atoms with Gasteiger partial charge in [0.1, 0.15) is 17.2 Å². The molecule has 0 bridgehead atoms. The van der Waals surface area contributed by atoms with E-state index < -0.39 is 24.2 Å². The van der Waals surface area contributed by atoms with Gasteiger partial charge in [0.25, 0.3) is 0 Å². The van der Waals surface area contributed by atoms with E-state index >= 15 is 0 Å². The van der Waals surface area contributed by atoms with E-state index in [1.807, 2.05) is 154 Å². The highest BCUT2D eigenvalue weighted by Gasteiger charge is 2.35. The molecule has 25 nitrogen and oxygen atoms in total. The molecule has 0 saturated carbocycles. The molecule has 8 aromatic rings. The number of Topliss-reactive ketones (excluding diaryl/α,β-unsaturated/α-hetero) is 4. The minimum absolute atomic E-state index is 0.0226. The molecule has 0 aromatic heterocycles. The number of nitrogens with one attached hydrogen (secondary N) is 8. The van der Waals surface area contributed by atoms with Gasteiger partial charge in [-0.2, -0.15) is 0 Å². The Kier molecular flexibility index (Phi) is 29.4. The van der Waals surface area contributed by atoms with E-state index in [-0.39, 0.29) is 41.2 Å². The average Bonchev–Trinajstić information content (AvgIpc) is 0.767. The lowest BCUT2D eigenvalue weighted by Crippen LogP contribution is -2.42. The third kappa shape index (κ3) is 21.4. The number of hydrogen-bond acceptors (Lipinski definition) is 19. The average molecular weight is 1650 g/mol. The Bertz CT molecular complexity index is 5140. The topological polar surface area (TPSA) is 278 Å². The van der Waals surface area contributed by atoms with Crippen LogP contribution in [0.25, 0.3) is 0 Å². The molecule has 0 aliphatic carbocycles. The fraction of sp³-hybridized carbons (Fsp3) is 0.330. The summed E-state index contributed by atoms with van der Waals surface area (Å²) in [7, 11) is 10.2. The molecule has 4 atom stereocenters. The van der Waals surface area contributed by atoms with Gasteiger partial charge in [-0.05, 0) is 240 Å². The van der Waals surface area contributed by atoms with Crippen molar-refractivity contribution in [3.05, 3.63) is 286 Å². The summed E-state index contributed by atoms with van der Waals surface area (Å²) < 4.78 is 27.1. The van der Waals surface area contributed by atoms with Crippen molar-refractivity contribution in [2.45, 2.75) is 108 Å². The zero-order valence-corrected chi connectivity index (χ0v) is 70.6. The highest BCUT2D eigenvalue weighted by Crippen LogP contribution is 2.42. The lowest BCUT2D eigenvalue weighted by Gasteiger charge is -2.30. The van der Waals surface area contributed by atoms with Crippen molar-refractivity contribution in [1.82, 2.24) is 42.5 Å². The summed E-state index contributed by atoms with van der Waals surface area (Å²) in [5.74, 6) is 3.17. The van der Waals surface area contributed by atoms with Crippen LogP contribution in [0.5, 0.6) is 28.7 Å². The van der Waals surface area contributed by atoms with Gasteiger partial charge in [-0.1, -0.05) is 43.0 Å². The summed E-state index contributed by atoms with van der Waals surface area (Å²) in [4.78, 5) is 101. The molecule has 6 amide bonds. The minimum atomic E-state index is -0.720. The summed E-state index contributed by atoms with van der Waals surface area (Å²) in [5, 5.41) is 22.7. The van der Waals surface area contributed by atoms with Gasteiger partial charge in [0, 0.05) is 176 Å². The van der Waals surface area contributed by atoms with Gasteiger partial charge in [0.05, 0.1) is 65.0 Å². The molecular formula is C97H111N13O12. The maximum Gasteiger partial charge on any atom is 0.319 e. The smallest absolute Gasteiger partial charge is 0.319 e. The fourth-order valence-corrected chi connectivity index (χ4v) is 16.4. The zero-order chi connectivity index (χ0) is 85.6. The molecule has 4 unspecified atom stereocenters. The molecule has 8 heterocycles. The van der Waals surface area contributed by atoms with Crippen molar-refractivity contribution in [2.75, 3.05) is 126 Å². The molecule has 0 radical (unpaired) electrons. The number of hydrogen-bond donors (Lipinski definition) is 8. The quantitative estimate of drug-likeness (QED) is 0.0276. The van der Waals surface area contributed by atoms with Crippen LogP contribution < -0.4 is 90.7 Å². The Morgan fingerprint density at radius 3 is 1.06 bits per heavy atom. The van der Waals surface area contributed by atoms with Crippen LogP contribution in [0.3, 0.4) is 0 Å². The summed E-state index contributed by atoms with van der Waals surface area (Å²) in [6.45, 7) is 15.0. The highest BCUT2D eigenvalue weighted by atomic mass is 16.5. The Hall–Kier alpha value is -13.5. The first-order valence-electron chi connectivity index (χ1n) is 42.2. The van der Waals surface area contributed by atoms with Crippen LogP contribution in [0.15, 0.2) is 241 Å². The van der Waals surface area contributed by atoms with Crippen LogP contribution in [0.4, 0.5) is 42.8 Å². The normalized spacial score (nSPS) is 18.7. The maximum absolute atomic E-state index is 13.5. The first kappa shape index (κ1) is 86.4. The van der Waals surface area contributed by atoms with Crippen molar-refractivity contribution in [3.8, 4) is 28.7 Å². The monoisotopic (exact) mass is 1650 g/mol. The molecule has 25 heteroatoms. The minimum Gasteiger partial charge on any atom is -0.497 e. The molecular weight excluding hydrogens is 1540 g/mol. The SMILES string of the molecule is C=C1NC=C(C(=O)c2ccc(N3CCCCC3)cc2)C(c2ccc(N(C)C)cc2)N1.CCOc1ccc(C2NC(=O)NC=C2C(=O)c2ccc(N3CCCCC3)cc2)cc1.COc1cc(OC)c(C2NC(=O)NC=C2C(=O)c2ccc(N3CCCCC3)cc2)cc1OC.COc1cccc(C2NC(=O)NC=C2C(=O)c2ccc(N3CCCCC3)cc2)c1. The fourth-order valence-electron chi connectivity index (χ4n) is 16.4. The third-order valence-electron chi connectivity index (χ3n) is 23.1. The number of anilines is 5. The third-order valence-corrected chi connectivity index (χ3v) is 23.1. The molecule has 0 spiro atoms. The summed E-state index contributed by atoms with van der Waals surface area (Å²) in [5.41, 5.74) is 13.5. The first-order chi connectivity index (χ1) is 59.4. The molecule has 4 saturated heterocycles. The summed E-state index contributed by atoms with van der Waals surface area (Å²) >= 11 is 0. The second-order valence-corrected chi connectivity index (χ2v) is 31.2. The van der Waals surface area contributed by atoms with Gasteiger partial charge in [0.15, 0.2) is 34.6 Å². The van der Waals surface area contributed by atoms with E-state index in [0.717, 1.165) is 97.5 Å². The van der Waals surface area contributed by atoms with Gasteiger partial charge in [-0.25, -0.2) is 14.4 Å². The van der Waals surface area contributed by atoms with Gasteiger partial charge in [-0.15, -0.1) is 0 Å². The van der Waals surface area contributed by atoms with Crippen molar-refractivity contribution in [2.24, 2.45) is 0 Å². The predicted octanol–water partition coefficient (Wildman–Crippen LogP) is 16.0. The van der Waals surface area contributed by atoms with Crippen molar-refractivity contribution >= 4 is 69.7 Å². The lowest BCUT2D eigenvalue weighted by atomic mass is 9.91. The van der Waals surface area contributed by atoms with Crippen molar-refractivity contribution < 1.29 is 57.2 Å². The van der Waals surface area contributed by atoms with Crippen molar-refractivity contribution in [1.29, 1.82) is 0 Å². The molecule has 8 aromatic carbocycles. The largest absolute Gasteiger partial charge is 0.497 e. The zero-order valence-electron chi connectivity index (χ0n) is 70.6. The van der Waals surface area contributed by atoms with Gasteiger partial charge in [0.2, 0.25) is 0 Å². The molecule has 122 heavy (non-hydrogen) atoms. The number of methoxy groups -OCH3 is 4. The molecule has 8 N–H and O–H groups in total. The standard InChI is InChI=1S/C25H30N4O.C25H29N3O5.C24H27N3O3.C23H25N3O3/c1-18-26-17-23(24(27-18)19-7-11-21(12-8-19)28(2)3)25(30)20-9-13-22(14-10-20)29-15-5-4-6-16-29;1-31-20-14-22(33-3)21(32-2)13-18(20)23-19(15-26-25(30)27-23)24(29)16-7-9-17(10-8-16)28-11-5-4-6-12-28;1-2-30-20-12-8-17(9-13-20)22-21(16-25-24(29)26-22)23(28)18-6-10-19(11-7-18)27-14-4-3-5-15-27;1-29-19-7-5-6-17(14-19)21-20(15-24-23(28)25-21)22(27)16-8-10-18(11-9-16)26-12-3-2-4-13-26/h7-14,17,24,26-27H,1,4-6,15-16H2,2-3H3;7-10,13-15,23H,4-6,11-12H2,1-3H3,(H2,26,27,30);6-13,16,22H,2-5,14-15H2,1H3,(H2,25,26,29);5-11,14-15,21H,2-4,12-13H2,1H3,(H2,24,25,28). The Labute approximate surface area is 714 Å². The summed E-state index contributed by atoms with van der Waals surface area (Å²) in [6.07, 6.45) is 21.1. The number of carbonyl (C=O) groups excluding carboxylic acids is 7. The number of ketones is 4. The molecule has 16 rings (SSSR count). The number of piperidine rings is 4. The number of carbonyl (C=O) groups is 7. The lowest BCUT2D eigenvalue weighted by molar-refractivity contribution is 0.101. The van der Waals surface area contributed by atoms with E-state index in [0.29, 0.717) is 85.5 Å². The van der Waals surface area contributed by atoms with Gasteiger partial charge < -0.3 is 90.7 Å². The number of benzene rings is 8. The van der Waals surface area contributed by atoms with Crippen LogP contribution in [-0.4, -0.2) is 143 Å². The van der Waals surface area contributed by atoms with E-state index in [2.05, 4.69) is 110 Å². The Balaban J connectivity index is 0.000000140. The molecule has 4 fully saturated rings. The highest BCUT2D eigenvalue weighted by molar-refractivity contribution is 6.13. The van der Waals surface area contributed by atoms with Gasteiger partial charge >= 0.3 is 18.1 Å². The van der Waals surface area contributed by atoms with Crippen molar-refractivity contribution in [3.63, 3.8) is 0 Å². The molecule has 636 valence electrons. The maximum atomic E-state index is 13.5. The van der Waals surface area contributed by atoms with Crippen LogP contribution in [-0.2, 0) is 0 Å². The second kappa shape index (κ2) is 41.5. The Morgan fingerprint density at radius 2 is 0.697 bits per heavy atom. The van der Waals surface area contributed by atoms with E-state index in [1.54, 1.807) is 25.4 Å². The molecule has 8 aliphatic rings. The van der Waals surface area contributed by atoms with E-state index in [9.17, 15) is 33.6 Å². The van der Waals surface area contributed by atoms with Crippen LogP contribution in [0.1, 0.15) is 172 Å².